The lowest BCUT2D eigenvalue weighted by atomic mass is 10.2. The highest BCUT2D eigenvalue weighted by atomic mass is 35.5. The third-order valence-electron chi connectivity index (χ3n) is 3.09. The zero-order valence-corrected chi connectivity index (χ0v) is 14.4. The molecular weight excluding hydrogens is 340 g/mol. The molecule has 1 aromatic heterocycles. The van der Waals surface area contributed by atoms with Crippen LogP contribution >= 0.6 is 11.6 Å². The van der Waals surface area contributed by atoms with Crippen LogP contribution in [-0.2, 0) is 21.1 Å². The second kappa shape index (κ2) is 7.14. The Morgan fingerprint density at radius 1 is 1.39 bits per heavy atom. The van der Waals surface area contributed by atoms with Crippen molar-refractivity contribution < 1.29 is 17.6 Å². The zero-order valence-electron chi connectivity index (χ0n) is 12.8. The van der Waals surface area contributed by atoms with Gasteiger partial charge in [-0.1, -0.05) is 17.7 Å². The van der Waals surface area contributed by atoms with Gasteiger partial charge in [0.1, 0.15) is 15.6 Å². The van der Waals surface area contributed by atoms with Crippen molar-refractivity contribution in [3.8, 4) is 11.5 Å². The first-order chi connectivity index (χ1) is 10.7. The van der Waals surface area contributed by atoms with Gasteiger partial charge in [0, 0.05) is 23.4 Å². The van der Waals surface area contributed by atoms with Crippen LogP contribution in [0.1, 0.15) is 11.5 Å². The number of aryl methyl sites for hydroxylation is 1. The Morgan fingerprint density at radius 2 is 2.13 bits per heavy atom. The maximum absolute atomic E-state index is 11.8. The number of oxazole rings is 1. The summed E-state index contributed by atoms with van der Waals surface area (Å²) in [6.45, 7) is 1.80. The van der Waals surface area contributed by atoms with Gasteiger partial charge in [0.2, 0.25) is 11.8 Å². The summed E-state index contributed by atoms with van der Waals surface area (Å²) in [4.78, 5) is 16.2. The molecule has 0 fully saturated rings. The minimum Gasteiger partial charge on any atom is -0.441 e. The third kappa shape index (κ3) is 5.37. The first kappa shape index (κ1) is 17.5. The maximum atomic E-state index is 11.8. The Labute approximate surface area is 139 Å². The number of hydrogen-bond donors (Lipinski definition) is 1. The minimum atomic E-state index is -3.10. The summed E-state index contributed by atoms with van der Waals surface area (Å²) >= 11 is 5.94. The smallest absolute Gasteiger partial charge is 0.226 e. The van der Waals surface area contributed by atoms with Gasteiger partial charge in [-0.15, -0.1) is 0 Å². The third-order valence-corrected chi connectivity index (χ3v) is 4.27. The number of aromatic nitrogens is 1. The molecule has 0 aliphatic carbocycles. The summed E-state index contributed by atoms with van der Waals surface area (Å²) < 4.78 is 27.6. The fourth-order valence-corrected chi connectivity index (χ4v) is 2.59. The average Bonchev–Trinajstić information content (AvgIpc) is 2.79. The molecular formula is C15H17ClN2O4S. The summed E-state index contributed by atoms with van der Waals surface area (Å²) in [6.07, 6.45) is 1.15. The molecule has 0 saturated carbocycles. The van der Waals surface area contributed by atoms with Crippen LogP contribution in [0.25, 0.3) is 11.5 Å². The van der Waals surface area contributed by atoms with Gasteiger partial charge in [0.05, 0.1) is 17.9 Å². The van der Waals surface area contributed by atoms with Crippen LogP contribution in [0, 0.1) is 6.92 Å². The van der Waals surface area contributed by atoms with Crippen molar-refractivity contribution >= 4 is 27.3 Å². The Hall–Kier alpha value is -1.86. The summed E-state index contributed by atoms with van der Waals surface area (Å²) in [7, 11) is -3.10. The van der Waals surface area contributed by atoms with Gasteiger partial charge in [0.25, 0.3) is 0 Å². The van der Waals surface area contributed by atoms with Gasteiger partial charge in [-0.25, -0.2) is 13.4 Å². The summed E-state index contributed by atoms with van der Waals surface area (Å²) in [5, 5.41) is 3.12. The highest BCUT2D eigenvalue weighted by Gasteiger charge is 2.15. The van der Waals surface area contributed by atoms with Gasteiger partial charge >= 0.3 is 0 Å². The molecule has 2 aromatic rings. The molecule has 0 spiro atoms. The number of sulfone groups is 1. The molecule has 0 atom stereocenters. The van der Waals surface area contributed by atoms with Crippen molar-refractivity contribution in [2.75, 3.05) is 18.6 Å². The van der Waals surface area contributed by atoms with E-state index in [1.165, 1.54) is 0 Å². The fourth-order valence-electron chi connectivity index (χ4n) is 1.93. The number of rotatable bonds is 6. The molecule has 6 nitrogen and oxygen atoms in total. The molecule has 1 amide bonds. The van der Waals surface area contributed by atoms with Crippen LogP contribution in [0.2, 0.25) is 5.02 Å². The number of carbonyl (C=O) groups is 1. The van der Waals surface area contributed by atoms with E-state index in [1.54, 1.807) is 25.1 Å². The maximum Gasteiger partial charge on any atom is 0.226 e. The molecule has 23 heavy (non-hydrogen) atoms. The highest BCUT2D eigenvalue weighted by Crippen LogP contribution is 2.24. The van der Waals surface area contributed by atoms with Crippen LogP contribution in [-0.4, -0.2) is 37.9 Å². The predicted molar refractivity (Wildman–Crippen MR) is 88.1 cm³/mol. The van der Waals surface area contributed by atoms with E-state index < -0.39 is 9.84 Å². The molecule has 1 N–H and O–H groups in total. The van der Waals surface area contributed by atoms with Crippen LogP contribution in [0.3, 0.4) is 0 Å². The Bertz CT molecular complexity index is 815. The van der Waals surface area contributed by atoms with E-state index in [0.717, 1.165) is 11.8 Å². The molecule has 0 aliphatic heterocycles. The van der Waals surface area contributed by atoms with Crippen LogP contribution in [0.15, 0.2) is 28.7 Å². The normalized spacial score (nSPS) is 11.4. The minimum absolute atomic E-state index is 0.0274. The summed E-state index contributed by atoms with van der Waals surface area (Å²) in [6, 6.07) is 7.07. The number of carbonyl (C=O) groups excluding carboxylic acids is 1. The summed E-state index contributed by atoms with van der Waals surface area (Å²) in [5.74, 6) is 0.537. The van der Waals surface area contributed by atoms with Gasteiger partial charge in [-0.3, -0.25) is 4.79 Å². The zero-order chi connectivity index (χ0) is 17.0. The quantitative estimate of drug-likeness (QED) is 0.855. The second-order valence-electron chi connectivity index (χ2n) is 5.19. The molecule has 0 saturated heterocycles. The molecule has 1 aromatic carbocycles. The SMILES string of the molecule is Cc1oc(-c2cccc(Cl)c2)nc1CC(=O)NCCS(C)(=O)=O. The molecule has 8 heteroatoms. The van der Waals surface area contributed by atoms with Gasteiger partial charge in [-0.2, -0.15) is 0 Å². The number of nitrogens with zero attached hydrogens (tertiary/aromatic N) is 1. The molecule has 2 rings (SSSR count). The van der Waals surface area contributed by atoms with Gasteiger partial charge in [0.15, 0.2) is 0 Å². The van der Waals surface area contributed by atoms with Gasteiger partial charge in [-0.05, 0) is 25.1 Å². The van der Waals surface area contributed by atoms with Crippen LogP contribution in [0.5, 0.6) is 0 Å². The molecule has 0 aliphatic rings. The van der Waals surface area contributed by atoms with E-state index >= 15 is 0 Å². The van der Waals surface area contributed by atoms with Crippen molar-refractivity contribution in [1.82, 2.24) is 10.3 Å². The van der Waals surface area contributed by atoms with E-state index in [1.807, 2.05) is 6.07 Å². The fraction of sp³-hybridized carbons (Fsp3) is 0.333. The Kier molecular flexibility index (Phi) is 5.43. The Morgan fingerprint density at radius 3 is 2.78 bits per heavy atom. The first-order valence-electron chi connectivity index (χ1n) is 6.91. The standard InChI is InChI=1S/C15H17ClN2O4S/c1-10-13(9-14(19)17-6-7-23(2,20)21)18-15(22-10)11-4-3-5-12(16)8-11/h3-5,8H,6-7,9H2,1-2H3,(H,17,19). The first-order valence-corrected chi connectivity index (χ1v) is 9.35. The number of amides is 1. The van der Waals surface area contributed by atoms with Crippen LogP contribution in [0.4, 0.5) is 0 Å². The van der Waals surface area contributed by atoms with Crippen molar-refractivity contribution in [3.63, 3.8) is 0 Å². The number of nitrogens with one attached hydrogen (secondary N) is 1. The predicted octanol–water partition coefficient (Wildman–Crippen LogP) is 2.01. The lowest BCUT2D eigenvalue weighted by molar-refractivity contribution is -0.120. The van der Waals surface area contributed by atoms with E-state index in [2.05, 4.69) is 10.3 Å². The molecule has 0 unspecified atom stereocenters. The highest BCUT2D eigenvalue weighted by molar-refractivity contribution is 7.90. The molecule has 124 valence electrons. The Balaban J connectivity index is 2.02. The van der Waals surface area contributed by atoms with Crippen molar-refractivity contribution in [1.29, 1.82) is 0 Å². The topological polar surface area (TPSA) is 89.3 Å². The largest absolute Gasteiger partial charge is 0.441 e. The number of hydrogen-bond acceptors (Lipinski definition) is 5. The van der Waals surface area contributed by atoms with Crippen molar-refractivity contribution in [2.45, 2.75) is 13.3 Å². The number of benzene rings is 1. The van der Waals surface area contributed by atoms with E-state index in [-0.39, 0.29) is 24.6 Å². The van der Waals surface area contributed by atoms with E-state index in [4.69, 9.17) is 16.0 Å². The van der Waals surface area contributed by atoms with E-state index in [9.17, 15) is 13.2 Å². The number of halogens is 1. The van der Waals surface area contributed by atoms with Crippen molar-refractivity contribution in [3.05, 3.63) is 40.7 Å². The monoisotopic (exact) mass is 356 g/mol. The van der Waals surface area contributed by atoms with E-state index in [0.29, 0.717) is 22.4 Å². The van der Waals surface area contributed by atoms with Crippen molar-refractivity contribution in [2.24, 2.45) is 0 Å². The van der Waals surface area contributed by atoms with Gasteiger partial charge < -0.3 is 9.73 Å². The van der Waals surface area contributed by atoms with Crippen LogP contribution < -0.4 is 5.32 Å². The lowest BCUT2D eigenvalue weighted by Gasteiger charge is -2.02. The molecule has 0 bridgehead atoms. The molecule has 0 radical (unpaired) electrons. The summed E-state index contributed by atoms with van der Waals surface area (Å²) in [5.41, 5.74) is 1.24. The lowest BCUT2D eigenvalue weighted by Crippen LogP contribution is -2.30. The second-order valence-corrected chi connectivity index (χ2v) is 7.89. The average molecular weight is 357 g/mol. The molecule has 1 heterocycles.